The molecule has 0 fully saturated rings. The first-order valence-electron chi connectivity index (χ1n) is 8.05. The maximum atomic E-state index is 12.3. The fourth-order valence-electron chi connectivity index (χ4n) is 2.20. The van der Waals surface area contributed by atoms with E-state index in [2.05, 4.69) is 15.6 Å². The number of nitrogens with one attached hydrogen (secondary N) is 2. The number of amides is 2. The lowest BCUT2D eigenvalue weighted by molar-refractivity contribution is -0.122. The van der Waals surface area contributed by atoms with Gasteiger partial charge in [0.05, 0.1) is 0 Å². The number of hydrogen-bond acceptors (Lipinski definition) is 5. The van der Waals surface area contributed by atoms with Gasteiger partial charge in [-0.05, 0) is 49.4 Å². The number of hydrogen-bond donors (Lipinski definition) is 2. The monoisotopic (exact) mass is 401 g/mol. The summed E-state index contributed by atoms with van der Waals surface area (Å²) in [7, 11) is 0. The highest BCUT2D eigenvalue weighted by atomic mass is 35.5. The molecule has 138 valence electrons. The van der Waals surface area contributed by atoms with Crippen LogP contribution in [0.25, 0.3) is 0 Å². The molecule has 2 amide bonds. The third-order valence-corrected chi connectivity index (χ3v) is 4.47. The van der Waals surface area contributed by atoms with E-state index in [1.165, 1.54) is 11.3 Å². The highest BCUT2D eigenvalue weighted by Gasteiger charge is 2.15. The first-order valence-corrected chi connectivity index (χ1v) is 9.31. The lowest BCUT2D eigenvalue weighted by Crippen LogP contribution is -2.30. The van der Waals surface area contributed by atoms with Gasteiger partial charge in [-0.25, -0.2) is 4.98 Å². The molecule has 0 radical (unpaired) electrons. The second-order valence-electron chi connectivity index (χ2n) is 5.58. The van der Waals surface area contributed by atoms with E-state index >= 15 is 0 Å². The van der Waals surface area contributed by atoms with Gasteiger partial charge >= 0.3 is 0 Å². The van der Waals surface area contributed by atoms with Crippen LogP contribution in [0.3, 0.4) is 0 Å². The minimum absolute atomic E-state index is 0.263. The van der Waals surface area contributed by atoms with Crippen LogP contribution in [0.5, 0.6) is 5.75 Å². The molecule has 0 unspecified atom stereocenters. The Bertz CT molecular complexity index is 930. The SMILES string of the molecule is C[C@@H](Oc1cccc(Cl)c1)C(=O)Nc1ccc(C(=O)Nc2nccs2)cc1. The molecule has 3 rings (SSSR count). The van der Waals surface area contributed by atoms with Crippen LogP contribution in [0.2, 0.25) is 5.02 Å². The first-order chi connectivity index (χ1) is 13.0. The Kier molecular flexibility index (Phi) is 6.05. The Morgan fingerprint density at radius 3 is 2.59 bits per heavy atom. The number of ether oxygens (including phenoxy) is 1. The summed E-state index contributed by atoms with van der Waals surface area (Å²) >= 11 is 7.25. The maximum Gasteiger partial charge on any atom is 0.265 e. The minimum Gasteiger partial charge on any atom is -0.481 e. The number of aromatic nitrogens is 1. The largest absolute Gasteiger partial charge is 0.481 e. The zero-order chi connectivity index (χ0) is 19.2. The molecule has 27 heavy (non-hydrogen) atoms. The number of thiazole rings is 1. The summed E-state index contributed by atoms with van der Waals surface area (Å²) in [5.74, 6) is -0.0604. The standard InChI is InChI=1S/C19H16ClN3O3S/c1-12(26-16-4-2-3-14(20)11-16)17(24)22-15-7-5-13(6-8-15)18(25)23-19-21-9-10-27-19/h2-12H,1H3,(H,22,24)(H,21,23,25)/t12-/m1/s1. The lowest BCUT2D eigenvalue weighted by atomic mass is 10.2. The van der Waals surface area contributed by atoms with E-state index in [-0.39, 0.29) is 11.8 Å². The van der Waals surface area contributed by atoms with Crippen LogP contribution in [0, 0.1) is 0 Å². The number of halogens is 1. The van der Waals surface area contributed by atoms with Crippen molar-refractivity contribution in [2.24, 2.45) is 0 Å². The van der Waals surface area contributed by atoms with E-state index in [1.54, 1.807) is 67.0 Å². The van der Waals surface area contributed by atoms with Crippen molar-refractivity contribution < 1.29 is 14.3 Å². The van der Waals surface area contributed by atoms with Crippen LogP contribution >= 0.6 is 22.9 Å². The molecule has 6 nitrogen and oxygen atoms in total. The number of anilines is 2. The number of nitrogens with zero attached hydrogens (tertiary/aromatic N) is 1. The van der Waals surface area contributed by atoms with Crippen molar-refractivity contribution in [3.63, 3.8) is 0 Å². The maximum absolute atomic E-state index is 12.3. The first kappa shape index (κ1) is 18.9. The summed E-state index contributed by atoms with van der Waals surface area (Å²) in [6.07, 6.45) is 0.905. The highest BCUT2D eigenvalue weighted by molar-refractivity contribution is 7.13. The van der Waals surface area contributed by atoms with Gasteiger partial charge in [0.1, 0.15) is 5.75 Å². The highest BCUT2D eigenvalue weighted by Crippen LogP contribution is 2.19. The summed E-state index contributed by atoms with van der Waals surface area (Å²) < 4.78 is 5.58. The van der Waals surface area contributed by atoms with Gasteiger partial charge < -0.3 is 10.1 Å². The van der Waals surface area contributed by atoms with Gasteiger partial charge in [0.2, 0.25) is 0 Å². The quantitative estimate of drug-likeness (QED) is 0.639. The van der Waals surface area contributed by atoms with E-state index in [4.69, 9.17) is 16.3 Å². The fraction of sp³-hybridized carbons (Fsp3) is 0.105. The minimum atomic E-state index is -0.712. The average Bonchev–Trinajstić information content (AvgIpc) is 3.15. The zero-order valence-corrected chi connectivity index (χ0v) is 15.9. The Morgan fingerprint density at radius 2 is 1.93 bits per heavy atom. The van der Waals surface area contributed by atoms with Crippen LogP contribution in [0.4, 0.5) is 10.8 Å². The van der Waals surface area contributed by atoms with Crippen molar-refractivity contribution in [2.45, 2.75) is 13.0 Å². The predicted molar refractivity (Wildman–Crippen MR) is 107 cm³/mol. The van der Waals surface area contributed by atoms with E-state index < -0.39 is 6.10 Å². The molecule has 2 aromatic carbocycles. The summed E-state index contributed by atoms with van der Waals surface area (Å²) in [5.41, 5.74) is 1.03. The molecule has 1 aromatic heterocycles. The number of benzene rings is 2. The Hall–Kier alpha value is -2.90. The van der Waals surface area contributed by atoms with Crippen molar-refractivity contribution in [1.82, 2.24) is 4.98 Å². The van der Waals surface area contributed by atoms with E-state index in [9.17, 15) is 9.59 Å². The molecule has 1 heterocycles. The van der Waals surface area contributed by atoms with Crippen LogP contribution in [-0.2, 0) is 4.79 Å². The Labute approximate surface area is 165 Å². The van der Waals surface area contributed by atoms with Gasteiger partial charge in [-0.1, -0.05) is 17.7 Å². The molecule has 0 saturated carbocycles. The van der Waals surface area contributed by atoms with Crippen LogP contribution in [0.15, 0.2) is 60.1 Å². The smallest absolute Gasteiger partial charge is 0.265 e. The Balaban J connectivity index is 1.57. The average molecular weight is 402 g/mol. The van der Waals surface area contributed by atoms with Crippen LogP contribution in [-0.4, -0.2) is 22.9 Å². The molecule has 0 aliphatic heterocycles. The molecule has 2 N–H and O–H groups in total. The van der Waals surface area contributed by atoms with E-state index in [0.717, 1.165) is 0 Å². The summed E-state index contributed by atoms with van der Waals surface area (Å²) in [6.45, 7) is 1.64. The Morgan fingerprint density at radius 1 is 1.15 bits per heavy atom. The van der Waals surface area contributed by atoms with Gasteiger partial charge in [0, 0.05) is 27.9 Å². The summed E-state index contributed by atoms with van der Waals surface area (Å²) in [4.78, 5) is 28.4. The van der Waals surface area contributed by atoms with Crippen molar-refractivity contribution >= 4 is 45.6 Å². The van der Waals surface area contributed by atoms with E-state index in [0.29, 0.717) is 27.2 Å². The van der Waals surface area contributed by atoms with Crippen LogP contribution in [0.1, 0.15) is 17.3 Å². The number of carbonyl (C=O) groups excluding carboxylic acids is 2. The molecular weight excluding hydrogens is 386 g/mol. The molecule has 1 atom stereocenters. The van der Waals surface area contributed by atoms with Crippen molar-refractivity contribution in [3.05, 3.63) is 70.7 Å². The molecule has 0 aliphatic rings. The molecule has 0 spiro atoms. The topological polar surface area (TPSA) is 80.3 Å². The van der Waals surface area contributed by atoms with Gasteiger partial charge in [-0.2, -0.15) is 0 Å². The lowest BCUT2D eigenvalue weighted by Gasteiger charge is -2.15. The number of carbonyl (C=O) groups is 2. The second kappa shape index (κ2) is 8.66. The summed E-state index contributed by atoms with van der Waals surface area (Å²) in [6, 6.07) is 13.4. The van der Waals surface area contributed by atoms with Crippen LogP contribution < -0.4 is 15.4 Å². The molecular formula is C19H16ClN3O3S. The zero-order valence-electron chi connectivity index (χ0n) is 14.3. The van der Waals surface area contributed by atoms with Gasteiger partial charge in [0.25, 0.3) is 11.8 Å². The van der Waals surface area contributed by atoms with E-state index in [1.807, 2.05) is 0 Å². The normalized spacial score (nSPS) is 11.5. The van der Waals surface area contributed by atoms with Gasteiger partial charge in [0.15, 0.2) is 11.2 Å². The second-order valence-corrected chi connectivity index (χ2v) is 6.91. The number of rotatable bonds is 6. The molecule has 3 aromatic rings. The van der Waals surface area contributed by atoms with Crippen molar-refractivity contribution in [1.29, 1.82) is 0 Å². The molecule has 0 saturated heterocycles. The predicted octanol–water partition coefficient (Wildman–Crippen LogP) is 4.45. The van der Waals surface area contributed by atoms with Crippen molar-refractivity contribution in [3.8, 4) is 5.75 Å². The molecule has 8 heteroatoms. The molecule has 0 aliphatic carbocycles. The van der Waals surface area contributed by atoms with Gasteiger partial charge in [-0.3, -0.25) is 14.9 Å². The fourth-order valence-corrected chi connectivity index (χ4v) is 2.91. The summed E-state index contributed by atoms with van der Waals surface area (Å²) in [5, 5.41) is 8.29. The molecule has 0 bridgehead atoms. The third-order valence-electron chi connectivity index (χ3n) is 3.55. The third kappa shape index (κ3) is 5.29. The van der Waals surface area contributed by atoms with Crippen molar-refractivity contribution in [2.75, 3.05) is 10.6 Å². The van der Waals surface area contributed by atoms with Gasteiger partial charge in [-0.15, -0.1) is 11.3 Å².